The van der Waals surface area contributed by atoms with Crippen LogP contribution in [0.15, 0.2) is 24.3 Å². The topological polar surface area (TPSA) is 41.6 Å². The number of ether oxygens (including phenoxy) is 1. The van der Waals surface area contributed by atoms with Crippen LogP contribution < -0.4 is 10.1 Å². The molecule has 1 unspecified atom stereocenters. The maximum Gasteiger partial charge on any atom is 0.263 e. The van der Waals surface area contributed by atoms with Gasteiger partial charge >= 0.3 is 0 Å². The van der Waals surface area contributed by atoms with E-state index < -0.39 is 6.10 Å². The third-order valence-corrected chi connectivity index (χ3v) is 3.61. The van der Waals surface area contributed by atoms with Crippen molar-refractivity contribution >= 4 is 5.91 Å². The van der Waals surface area contributed by atoms with Crippen molar-refractivity contribution < 1.29 is 9.53 Å². The summed E-state index contributed by atoms with van der Waals surface area (Å²) < 4.78 is 5.89. The minimum atomic E-state index is -0.420. The molecule has 20 heavy (non-hydrogen) atoms. The second kappa shape index (κ2) is 7.29. The van der Waals surface area contributed by atoms with E-state index in [1.165, 1.54) is 0 Å². The summed E-state index contributed by atoms with van der Waals surface area (Å²) in [6, 6.07) is 7.90. The van der Waals surface area contributed by atoms with Gasteiger partial charge in [0.15, 0.2) is 6.10 Å². The van der Waals surface area contributed by atoms with Crippen LogP contribution in [0.25, 0.3) is 0 Å². The molecule has 0 bridgehead atoms. The Balaban J connectivity index is 1.99. The van der Waals surface area contributed by atoms with Crippen molar-refractivity contribution in [3.05, 3.63) is 29.8 Å². The zero-order valence-electron chi connectivity index (χ0n) is 12.4. The van der Waals surface area contributed by atoms with Gasteiger partial charge in [-0.2, -0.15) is 0 Å². The predicted molar refractivity (Wildman–Crippen MR) is 79.7 cm³/mol. The van der Waals surface area contributed by atoms with Gasteiger partial charge < -0.3 is 15.0 Å². The van der Waals surface area contributed by atoms with E-state index in [0.29, 0.717) is 0 Å². The average molecular weight is 276 g/mol. The summed E-state index contributed by atoms with van der Waals surface area (Å²) in [6.45, 7) is 7.32. The van der Waals surface area contributed by atoms with Gasteiger partial charge in [0, 0.05) is 25.2 Å². The Labute approximate surface area is 121 Å². The van der Waals surface area contributed by atoms with Gasteiger partial charge in [0.1, 0.15) is 5.75 Å². The van der Waals surface area contributed by atoms with E-state index in [1.54, 1.807) is 0 Å². The summed E-state index contributed by atoms with van der Waals surface area (Å²) in [5.41, 5.74) is 1.09. The zero-order valence-corrected chi connectivity index (χ0v) is 12.4. The molecule has 4 nitrogen and oxygen atoms in total. The molecule has 110 valence electrons. The number of nitrogens with one attached hydrogen (secondary N) is 1. The van der Waals surface area contributed by atoms with Crippen molar-refractivity contribution in [2.24, 2.45) is 0 Å². The second-order valence-electron chi connectivity index (χ2n) is 5.18. The summed E-state index contributed by atoms with van der Waals surface area (Å²) in [5, 5.41) is 3.29. The number of rotatable bonds is 6. The van der Waals surface area contributed by atoms with Crippen LogP contribution >= 0.6 is 0 Å². The number of likely N-dealkylation sites (tertiary alicyclic amines) is 1. The summed E-state index contributed by atoms with van der Waals surface area (Å²) >= 11 is 0. The SMILES string of the molecule is CCNCc1ccccc1OC(C)C(=O)N1CCCC1. The quantitative estimate of drug-likeness (QED) is 0.866. The molecule has 1 aliphatic heterocycles. The number of nitrogens with zero attached hydrogens (tertiary/aromatic N) is 1. The molecule has 1 aromatic carbocycles. The third kappa shape index (κ3) is 3.73. The lowest BCUT2D eigenvalue weighted by Gasteiger charge is -2.22. The van der Waals surface area contributed by atoms with Gasteiger partial charge in [-0.05, 0) is 32.4 Å². The summed E-state index contributed by atoms with van der Waals surface area (Å²) in [5.74, 6) is 0.897. The normalized spacial score (nSPS) is 16.2. The molecule has 1 heterocycles. The van der Waals surface area contributed by atoms with Crippen LogP contribution in [0.3, 0.4) is 0 Å². The molecular weight excluding hydrogens is 252 g/mol. The maximum atomic E-state index is 12.3. The first kappa shape index (κ1) is 14.9. The molecule has 1 aromatic rings. The molecule has 0 spiro atoms. The Morgan fingerprint density at radius 3 is 2.75 bits per heavy atom. The number of benzene rings is 1. The highest BCUT2D eigenvalue weighted by atomic mass is 16.5. The Kier molecular flexibility index (Phi) is 5.41. The van der Waals surface area contributed by atoms with Crippen LogP contribution in [0, 0.1) is 0 Å². The molecule has 0 radical (unpaired) electrons. The van der Waals surface area contributed by atoms with Gasteiger partial charge in [-0.3, -0.25) is 4.79 Å². The van der Waals surface area contributed by atoms with Crippen LogP contribution in [0.4, 0.5) is 0 Å². The van der Waals surface area contributed by atoms with E-state index in [-0.39, 0.29) is 5.91 Å². The number of hydrogen-bond acceptors (Lipinski definition) is 3. The lowest BCUT2D eigenvalue weighted by molar-refractivity contribution is -0.136. The monoisotopic (exact) mass is 276 g/mol. The van der Waals surface area contributed by atoms with Gasteiger partial charge in [0.25, 0.3) is 5.91 Å². The highest BCUT2D eigenvalue weighted by Crippen LogP contribution is 2.20. The van der Waals surface area contributed by atoms with E-state index in [9.17, 15) is 4.79 Å². The van der Waals surface area contributed by atoms with Crippen LogP contribution in [0.2, 0.25) is 0 Å². The largest absolute Gasteiger partial charge is 0.481 e. The van der Waals surface area contributed by atoms with Crippen molar-refractivity contribution in [2.45, 2.75) is 39.3 Å². The number of carbonyl (C=O) groups excluding carboxylic acids is 1. The van der Waals surface area contributed by atoms with Crippen LogP contribution in [-0.2, 0) is 11.3 Å². The van der Waals surface area contributed by atoms with Gasteiger partial charge in [0.05, 0.1) is 0 Å². The summed E-state index contributed by atoms with van der Waals surface area (Å²) in [7, 11) is 0. The molecule has 1 atom stereocenters. The van der Waals surface area contributed by atoms with Crippen molar-refractivity contribution in [3.8, 4) is 5.75 Å². The highest BCUT2D eigenvalue weighted by Gasteiger charge is 2.24. The zero-order chi connectivity index (χ0) is 14.4. The molecule has 1 N–H and O–H groups in total. The Bertz CT molecular complexity index is 442. The van der Waals surface area contributed by atoms with E-state index in [2.05, 4.69) is 12.2 Å². The van der Waals surface area contributed by atoms with E-state index in [0.717, 1.165) is 50.3 Å². The Hall–Kier alpha value is -1.55. The van der Waals surface area contributed by atoms with E-state index in [4.69, 9.17) is 4.74 Å². The molecule has 1 aliphatic rings. The first-order chi connectivity index (χ1) is 9.72. The predicted octanol–water partition coefficient (Wildman–Crippen LogP) is 2.19. The second-order valence-corrected chi connectivity index (χ2v) is 5.18. The molecule has 2 rings (SSSR count). The molecule has 0 saturated carbocycles. The van der Waals surface area contributed by atoms with Gasteiger partial charge in [-0.25, -0.2) is 0 Å². The third-order valence-electron chi connectivity index (χ3n) is 3.61. The number of amides is 1. The smallest absolute Gasteiger partial charge is 0.263 e. The highest BCUT2D eigenvalue weighted by molar-refractivity contribution is 5.81. The van der Waals surface area contributed by atoms with Crippen LogP contribution in [0.5, 0.6) is 5.75 Å². The molecule has 1 saturated heterocycles. The fraction of sp³-hybridized carbons (Fsp3) is 0.562. The van der Waals surface area contributed by atoms with Crippen molar-refractivity contribution in [1.29, 1.82) is 0 Å². The molecule has 1 fully saturated rings. The lowest BCUT2D eigenvalue weighted by Crippen LogP contribution is -2.38. The van der Waals surface area contributed by atoms with Crippen molar-refractivity contribution in [1.82, 2.24) is 10.2 Å². The summed E-state index contributed by atoms with van der Waals surface area (Å²) in [6.07, 6.45) is 1.79. The fourth-order valence-electron chi connectivity index (χ4n) is 2.46. The number of hydrogen-bond donors (Lipinski definition) is 1. The molecular formula is C16H24N2O2. The van der Waals surface area contributed by atoms with E-state index >= 15 is 0 Å². The molecule has 0 aromatic heterocycles. The minimum Gasteiger partial charge on any atom is -0.481 e. The van der Waals surface area contributed by atoms with Crippen LogP contribution in [0.1, 0.15) is 32.3 Å². The van der Waals surface area contributed by atoms with Gasteiger partial charge in [0.2, 0.25) is 0 Å². The summed E-state index contributed by atoms with van der Waals surface area (Å²) in [4.78, 5) is 14.2. The average Bonchev–Trinajstić information content (AvgIpc) is 2.99. The van der Waals surface area contributed by atoms with Gasteiger partial charge in [-0.1, -0.05) is 25.1 Å². The van der Waals surface area contributed by atoms with Gasteiger partial charge in [-0.15, -0.1) is 0 Å². The fourth-order valence-corrected chi connectivity index (χ4v) is 2.46. The first-order valence-electron chi connectivity index (χ1n) is 7.46. The standard InChI is InChI=1S/C16H24N2O2/c1-3-17-12-14-8-4-5-9-15(14)20-13(2)16(19)18-10-6-7-11-18/h4-5,8-9,13,17H,3,6-7,10-12H2,1-2H3. The molecule has 4 heteroatoms. The van der Waals surface area contributed by atoms with Crippen molar-refractivity contribution in [2.75, 3.05) is 19.6 Å². The first-order valence-corrected chi connectivity index (χ1v) is 7.46. The number of carbonyl (C=O) groups is 1. The van der Waals surface area contributed by atoms with E-state index in [1.807, 2.05) is 36.1 Å². The number of para-hydroxylation sites is 1. The van der Waals surface area contributed by atoms with Crippen molar-refractivity contribution in [3.63, 3.8) is 0 Å². The molecule has 1 amide bonds. The maximum absolute atomic E-state index is 12.3. The van der Waals surface area contributed by atoms with Crippen LogP contribution in [-0.4, -0.2) is 36.5 Å². The minimum absolute atomic E-state index is 0.0979. The lowest BCUT2D eigenvalue weighted by atomic mass is 10.2. The Morgan fingerprint density at radius 2 is 2.05 bits per heavy atom. The molecule has 0 aliphatic carbocycles. The Morgan fingerprint density at radius 1 is 1.35 bits per heavy atom.